The van der Waals surface area contributed by atoms with Crippen molar-refractivity contribution in [3.05, 3.63) is 71.3 Å². The second-order valence-corrected chi connectivity index (χ2v) is 7.24. The zero-order valence-electron chi connectivity index (χ0n) is 15.0. The molecule has 23 heavy (non-hydrogen) atoms. The van der Waals surface area contributed by atoms with Crippen LogP contribution in [-0.4, -0.2) is 6.04 Å². The van der Waals surface area contributed by atoms with Crippen molar-refractivity contribution in [3.8, 4) is 0 Å². The highest BCUT2D eigenvalue weighted by Crippen LogP contribution is 2.23. The molecule has 124 valence electrons. The average molecular weight is 309 g/mol. The zero-order valence-corrected chi connectivity index (χ0v) is 15.0. The van der Waals surface area contributed by atoms with Gasteiger partial charge in [-0.25, -0.2) is 0 Å². The number of aryl methyl sites for hydroxylation is 1. The molecule has 0 heterocycles. The summed E-state index contributed by atoms with van der Waals surface area (Å²) in [6.07, 6.45) is 2.41. The van der Waals surface area contributed by atoms with E-state index < -0.39 is 0 Å². The second-order valence-electron chi connectivity index (χ2n) is 7.24. The molecule has 0 saturated heterocycles. The topological polar surface area (TPSA) is 12.0 Å². The molecule has 0 radical (unpaired) electrons. The highest BCUT2D eigenvalue weighted by atomic mass is 14.9. The number of benzene rings is 2. The van der Waals surface area contributed by atoms with Crippen LogP contribution in [0.4, 0.5) is 0 Å². The van der Waals surface area contributed by atoms with Gasteiger partial charge in [0.25, 0.3) is 0 Å². The van der Waals surface area contributed by atoms with E-state index in [1.807, 2.05) is 0 Å². The van der Waals surface area contributed by atoms with Gasteiger partial charge in [-0.2, -0.15) is 0 Å². The molecule has 0 amide bonds. The average Bonchev–Trinajstić information content (AvgIpc) is 2.53. The Balaban J connectivity index is 1.95. The largest absolute Gasteiger partial charge is 0.310 e. The summed E-state index contributed by atoms with van der Waals surface area (Å²) in [5.74, 6) is 1.30. The third-order valence-electron chi connectivity index (χ3n) is 4.48. The van der Waals surface area contributed by atoms with Gasteiger partial charge in [0, 0.05) is 12.6 Å². The van der Waals surface area contributed by atoms with Crippen molar-refractivity contribution < 1.29 is 0 Å². The van der Waals surface area contributed by atoms with Gasteiger partial charge in [0.15, 0.2) is 0 Å². The second kappa shape index (κ2) is 8.88. The Hall–Kier alpha value is -1.60. The maximum Gasteiger partial charge on any atom is 0.0208 e. The Labute approximate surface area is 142 Å². The van der Waals surface area contributed by atoms with Crippen molar-refractivity contribution in [2.24, 2.45) is 5.92 Å². The van der Waals surface area contributed by atoms with Gasteiger partial charge in [0.05, 0.1) is 0 Å². The SMILES string of the molecule is Cc1ccc(C(C)CC(CC(C)C)NCc2ccccc2)cc1. The molecule has 0 aromatic heterocycles. The fraction of sp³-hybridized carbons (Fsp3) is 0.455. The Morgan fingerprint density at radius 2 is 1.48 bits per heavy atom. The predicted molar refractivity (Wildman–Crippen MR) is 101 cm³/mol. The first kappa shape index (κ1) is 17.7. The van der Waals surface area contributed by atoms with Crippen LogP contribution in [0.3, 0.4) is 0 Å². The van der Waals surface area contributed by atoms with E-state index in [0.29, 0.717) is 17.9 Å². The van der Waals surface area contributed by atoms with Gasteiger partial charge in [-0.05, 0) is 42.7 Å². The maximum atomic E-state index is 3.78. The molecular formula is C22H31N. The summed E-state index contributed by atoms with van der Waals surface area (Å²) in [7, 11) is 0. The summed E-state index contributed by atoms with van der Waals surface area (Å²) >= 11 is 0. The highest BCUT2D eigenvalue weighted by molar-refractivity contribution is 5.24. The minimum absolute atomic E-state index is 0.562. The van der Waals surface area contributed by atoms with E-state index in [2.05, 4.69) is 87.6 Å². The van der Waals surface area contributed by atoms with Crippen molar-refractivity contribution in [2.75, 3.05) is 0 Å². The third-order valence-corrected chi connectivity index (χ3v) is 4.48. The summed E-state index contributed by atoms with van der Waals surface area (Å²) in [4.78, 5) is 0. The highest BCUT2D eigenvalue weighted by Gasteiger charge is 2.15. The van der Waals surface area contributed by atoms with Crippen LogP contribution in [0, 0.1) is 12.8 Å². The molecule has 2 aromatic carbocycles. The predicted octanol–water partition coefficient (Wildman–Crippen LogP) is 5.69. The number of hydrogen-bond acceptors (Lipinski definition) is 1. The van der Waals surface area contributed by atoms with Crippen LogP contribution < -0.4 is 5.32 Å². The summed E-state index contributed by atoms with van der Waals surface area (Å²) in [5, 5.41) is 3.78. The van der Waals surface area contributed by atoms with Gasteiger partial charge in [-0.3, -0.25) is 0 Å². The fourth-order valence-corrected chi connectivity index (χ4v) is 3.15. The first-order valence-electron chi connectivity index (χ1n) is 8.88. The Morgan fingerprint density at radius 1 is 0.826 bits per heavy atom. The molecule has 0 aliphatic rings. The lowest BCUT2D eigenvalue weighted by Gasteiger charge is -2.24. The zero-order chi connectivity index (χ0) is 16.7. The van der Waals surface area contributed by atoms with Crippen molar-refractivity contribution in [1.82, 2.24) is 5.32 Å². The third kappa shape index (κ3) is 6.19. The minimum Gasteiger partial charge on any atom is -0.310 e. The van der Waals surface area contributed by atoms with Crippen molar-refractivity contribution in [2.45, 2.75) is 59.0 Å². The quantitative estimate of drug-likeness (QED) is 0.660. The molecule has 0 saturated carbocycles. The van der Waals surface area contributed by atoms with Gasteiger partial charge in [0.2, 0.25) is 0 Å². The Bertz CT molecular complexity index is 556. The molecule has 0 aliphatic heterocycles. The molecule has 1 heteroatoms. The van der Waals surface area contributed by atoms with Crippen LogP contribution >= 0.6 is 0 Å². The summed E-state index contributed by atoms with van der Waals surface area (Å²) in [6, 6.07) is 20.3. The Morgan fingerprint density at radius 3 is 2.09 bits per heavy atom. The smallest absolute Gasteiger partial charge is 0.0208 e. The van der Waals surface area contributed by atoms with Gasteiger partial charge in [-0.15, -0.1) is 0 Å². The molecule has 0 aliphatic carbocycles. The van der Waals surface area contributed by atoms with Crippen LogP contribution in [0.2, 0.25) is 0 Å². The van der Waals surface area contributed by atoms with E-state index >= 15 is 0 Å². The normalized spacial score (nSPS) is 14.0. The number of hydrogen-bond donors (Lipinski definition) is 1. The summed E-state index contributed by atoms with van der Waals surface area (Å²) in [6.45, 7) is 10.1. The molecule has 0 fully saturated rings. The van der Waals surface area contributed by atoms with Crippen molar-refractivity contribution in [1.29, 1.82) is 0 Å². The van der Waals surface area contributed by atoms with Gasteiger partial charge >= 0.3 is 0 Å². The monoisotopic (exact) mass is 309 g/mol. The lowest BCUT2D eigenvalue weighted by molar-refractivity contribution is 0.378. The molecule has 2 rings (SSSR count). The minimum atomic E-state index is 0.562. The van der Waals surface area contributed by atoms with E-state index in [4.69, 9.17) is 0 Å². The molecule has 2 aromatic rings. The lowest BCUT2D eigenvalue weighted by atomic mass is 9.89. The molecular weight excluding hydrogens is 278 g/mol. The summed E-state index contributed by atoms with van der Waals surface area (Å²) in [5.41, 5.74) is 4.15. The first-order chi connectivity index (χ1) is 11.0. The van der Waals surface area contributed by atoms with Crippen LogP contribution in [0.15, 0.2) is 54.6 Å². The molecule has 2 atom stereocenters. The van der Waals surface area contributed by atoms with E-state index in [-0.39, 0.29) is 0 Å². The van der Waals surface area contributed by atoms with Gasteiger partial charge in [-0.1, -0.05) is 80.9 Å². The molecule has 0 bridgehead atoms. The first-order valence-corrected chi connectivity index (χ1v) is 8.88. The van der Waals surface area contributed by atoms with Crippen LogP contribution in [0.1, 0.15) is 56.2 Å². The molecule has 0 spiro atoms. The van der Waals surface area contributed by atoms with E-state index in [0.717, 1.165) is 6.54 Å². The van der Waals surface area contributed by atoms with Crippen LogP contribution in [0.5, 0.6) is 0 Å². The Kier molecular flexibility index (Phi) is 6.85. The molecule has 2 unspecified atom stereocenters. The van der Waals surface area contributed by atoms with E-state index in [1.54, 1.807) is 0 Å². The maximum absolute atomic E-state index is 3.78. The van der Waals surface area contributed by atoms with E-state index in [9.17, 15) is 0 Å². The van der Waals surface area contributed by atoms with E-state index in [1.165, 1.54) is 29.5 Å². The standard InChI is InChI=1S/C22H31N/c1-17(2)14-22(23-16-20-8-6-5-7-9-20)15-19(4)21-12-10-18(3)11-13-21/h5-13,17,19,22-23H,14-16H2,1-4H3. The van der Waals surface area contributed by atoms with Crippen LogP contribution in [-0.2, 0) is 6.54 Å². The lowest BCUT2D eigenvalue weighted by Crippen LogP contribution is -2.31. The number of nitrogens with one attached hydrogen (secondary N) is 1. The molecule has 1 N–H and O–H groups in total. The van der Waals surface area contributed by atoms with Crippen molar-refractivity contribution in [3.63, 3.8) is 0 Å². The van der Waals surface area contributed by atoms with Crippen molar-refractivity contribution >= 4 is 0 Å². The van der Waals surface area contributed by atoms with Gasteiger partial charge in [0.1, 0.15) is 0 Å². The van der Waals surface area contributed by atoms with Crippen LogP contribution in [0.25, 0.3) is 0 Å². The number of rotatable bonds is 8. The fourth-order valence-electron chi connectivity index (χ4n) is 3.15. The summed E-state index contributed by atoms with van der Waals surface area (Å²) < 4.78 is 0. The molecule has 1 nitrogen and oxygen atoms in total. The van der Waals surface area contributed by atoms with Gasteiger partial charge < -0.3 is 5.32 Å².